The Labute approximate surface area is 104 Å². The van der Waals surface area contributed by atoms with Crippen molar-refractivity contribution in [2.45, 2.75) is 76.7 Å². The largest absolute Gasteiger partial charge is 0.355 e. The van der Waals surface area contributed by atoms with Gasteiger partial charge in [0.05, 0.1) is 16.3 Å². The summed E-state index contributed by atoms with van der Waals surface area (Å²) in [5.74, 6) is 0. The Kier molecular flexibility index (Phi) is 6.62. The molecule has 0 aromatic carbocycles. The summed E-state index contributed by atoms with van der Waals surface area (Å²) in [6.45, 7) is 5.35. The molecule has 0 amide bonds. The van der Waals surface area contributed by atoms with Crippen LogP contribution < -0.4 is 0 Å². The molecule has 0 saturated carbocycles. The van der Waals surface area contributed by atoms with E-state index in [2.05, 4.69) is 13.8 Å². The van der Waals surface area contributed by atoms with Gasteiger partial charge in [0.2, 0.25) is 0 Å². The van der Waals surface area contributed by atoms with Crippen molar-refractivity contribution >= 4 is 10.2 Å². The molecule has 0 aliphatic carbocycles. The first-order valence-electron chi connectivity index (χ1n) is 6.98. The van der Waals surface area contributed by atoms with Crippen LogP contribution in [0.2, 0.25) is 0 Å². The normalized spacial score (nSPS) is 28.1. The van der Waals surface area contributed by atoms with Gasteiger partial charge < -0.3 is 9.47 Å². The summed E-state index contributed by atoms with van der Waals surface area (Å²) >= 11 is 0. The first kappa shape index (κ1) is 14.2. The molecular weight excluding hydrogens is 216 g/mol. The molecule has 0 aromatic rings. The third-order valence-electron chi connectivity index (χ3n) is 3.35. The fourth-order valence-corrected chi connectivity index (χ4v) is 3.30. The summed E-state index contributed by atoms with van der Waals surface area (Å²) in [6.07, 6.45) is 10.5. The van der Waals surface area contributed by atoms with E-state index in [0.717, 1.165) is 23.3 Å². The Hall–Kier alpha value is 0.137. The molecule has 16 heavy (non-hydrogen) atoms. The van der Waals surface area contributed by atoms with Crippen LogP contribution in [0.3, 0.4) is 0 Å². The molecule has 1 saturated heterocycles. The second-order valence-corrected chi connectivity index (χ2v) is 6.74. The van der Waals surface area contributed by atoms with Crippen molar-refractivity contribution < 1.29 is 9.47 Å². The van der Waals surface area contributed by atoms with Crippen LogP contribution in [0.5, 0.6) is 0 Å². The monoisotopic (exact) mass is 244 g/mol. The highest BCUT2D eigenvalue weighted by atomic mass is 28.1. The van der Waals surface area contributed by atoms with E-state index >= 15 is 0 Å². The molecule has 2 atom stereocenters. The molecule has 0 bridgehead atoms. The summed E-state index contributed by atoms with van der Waals surface area (Å²) in [5, 5.41) is 0. The topological polar surface area (TPSA) is 18.5 Å². The van der Waals surface area contributed by atoms with Crippen molar-refractivity contribution in [3.8, 4) is 0 Å². The Balaban J connectivity index is 2.14. The lowest BCUT2D eigenvalue weighted by Crippen LogP contribution is -2.42. The fourth-order valence-electron chi connectivity index (χ4n) is 2.34. The number of unbranched alkanes of at least 4 members (excludes halogenated alkanes) is 3. The molecule has 2 nitrogen and oxygen atoms in total. The van der Waals surface area contributed by atoms with Gasteiger partial charge in [-0.05, 0) is 32.6 Å². The van der Waals surface area contributed by atoms with E-state index in [1.807, 2.05) is 0 Å². The molecule has 1 fully saturated rings. The lowest BCUT2D eigenvalue weighted by molar-refractivity contribution is -0.219. The maximum Gasteiger partial charge on any atom is 0.141 e. The Morgan fingerprint density at radius 1 is 1.31 bits per heavy atom. The summed E-state index contributed by atoms with van der Waals surface area (Å²) in [7, 11) is 0.994. The quantitative estimate of drug-likeness (QED) is 0.506. The van der Waals surface area contributed by atoms with Crippen LogP contribution in [0, 0.1) is 0 Å². The molecule has 1 aliphatic rings. The molecule has 3 heteroatoms. The van der Waals surface area contributed by atoms with Gasteiger partial charge >= 0.3 is 0 Å². The van der Waals surface area contributed by atoms with Crippen LogP contribution in [0.1, 0.15) is 65.2 Å². The predicted octanol–water partition coefficient (Wildman–Crippen LogP) is 2.58. The van der Waals surface area contributed by atoms with Crippen molar-refractivity contribution in [2.24, 2.45) is 0 Å². The summed E-state index contributed by atoms with van der Waals surface area (Å²) in [4.78, 5) is 0. The minimum absolute atomic E-state index is 0.164. The highest BCUT2D eigenvalue weighted by molar-refractivity contribution is 6.13. The second-order valence-electron chi connectivity index (χ2n) is 5.22. The van der Waals surface area contributed by atoms with Gasteiger partial charge in [-0.15, -0.1) is 0 Å². The molecule has 1 heterocycles. The fraction of sp³-hybridized carbons (Fsp3) is 1.00. The third kappa shape index (κ3) is 5.46. The highest BCUT2D eigenvalue weighted by Gasteiger charge is 2.29. The zero-order valence-electron chi connectivity index (χ0n) is 11.3. The van der Waals surface area contributed by atoms with Gasteiger partial charge in [-0.1, -0.05) is 32.6 Å². The van der Waals surface area contributed by atoms with Gasteiger partial charge in [-0.2, -0.15) is 0 Å². The van der Waals surface area contributed by atoms with Crippen LogP contribution >= 0.6 is 0 Å². The molecule has 0 N–H and O–H groups in total. The number of hydrogen-bond donors (Lipinski definition) is 0. The van der Waals surface area contributed by atoms with E-state index in [1.54, 1.807) is 0 Å². The Morgan fingerprint density at radius 2 is 2.12 bits per heavy atom. The smallest absolute Gasteiger partial charge is 0.141 e. The van der Waals surface area contributed by atoms with Crippen LogP contribution in [-0.2, 0) is 9.47 Å². The molecule has 0 spiro atoms. The summed E-state index contributed by atoms with van der Waals surface area (Å²) in [5.41, 5.74) is -0.164. The van der Waals surface area contributed by atoms with Crippen LogP contribution in [0.25, 0.3) is 0 Å². The average Bonchev–Trinajstić information content (AvgIpc) is 2.25. The Bertz CT molecular complexity index is 179. The Morgan fingerprint density at radius 3 is 2.75 bits per heavy atom. The SMILES string of the molecule is CCCCCCC(C)OC1([SiH3])CCCCO1. The van der Waals surface area contributed by atoms with Gasteiger partial charge in [0.25, 0.3) is 0 Å². The van der Waals surface area contributed by atoms with Gasteiger partial charge in [0.1, 0.15) is 5.41 Å². The lowest BCUT2D eigenvalue weighted by Gasteiger charge is -2.36. The van der Waals surface area contributed by atoms with Crippen LogP contribution in [0.4, 0.5) is 0 Å². The average molecular weight is 244 g/mol. The standard InChI is InChI=1S/C13H28O2Si/c1-3-4-5-6-9-12(2)15-13(16)10-7-8-11-14-13/h12H,3-11H2,1-2,16H3. The minimum Gasteiger partial charge on any atom is -0.355 e. The van der Waals surface area contributed by atoms with E-state index in [9.17, 15) is 0 Å². The van der Waals surface area contributed by atoms with E-state index in [4.69, 9.17) is 9.47 Å². The van der Waals surface area contributed by atoms with Gasteiger partial charge in [0, 0.05) is 6.61 Å². The first-order chi connectivity index (χ1) is 7.66. The van der Waals surface area contributed by atoms with Gasteiger partial charge in [-0.25, -0.2) is 0 Å². The van der Waals surface area contributed by atoms with E-state index < -0.39 is 0 Å². The van der Waals surface area contributed by atoms with Crippen LogP contribution in [0.15, 0.2) is 0 Å². The van der Waals surface area contributed by atoms with E-state index in [1.165, 1.54) is 44.9 Å². The molecule has 1 aliphatic heterocycles. The maximum absolute atomic E-state index is 6.10. The molecule has 2 unspecified atom stereocenters. The molecule has 0 aromatic heterocycles. The molecular formula is C13H28O2Si. The first-order valence-corrected chi connectivity index (χ1v) is 7.98. The molecule has 0 radical (unpaired) electrons. The van der Waals surface area contributed by atoms with Crippen molar-refractivity contribution in [3.05, 3.63) is 0 Å². The lowest BCUT2D eigenvalue weighted by atomic mass is 10.1. The second kappa shape index (κ2) is 7.46. The van der Waals surface area contributed by atoms with Crippen LogP contribution in [-0.4, -0.2) is 28.4 Å². The van der Waals surface area contributed by atoms with Crippen molar-refractivity contribution in [1.29, 1.82) is 0 Å². The maximum atomic E-state index is 6.10. The van der Waals surface area contributed by atoms with Crippen molar-refractivity contribution in [3.63, 3.8) is 0 Å². The molecule has 96 valence electrons. The zero-order chi connectivity index (χ0) is 11.9. The third-order valence-corrected chi connectivity index (χ3v) is 4.37. The summed E-state index contributed by atoms with van der Waals surface area (Å²) < 4.78 is 11.9. The summed E-state index contributed by atoms with van der Waals surface area (Å²) in [6, 6.07) is 0. The molecule has 1 rings (SSSR count). The number of ether oxygens (including phenoxy) is 2. The van der Waals surface area contributed by atoms with Gasteiger partial charge in [-0.3, -0.25) is 0 Å². The van der Waals surface area contributed by atoms with E-state index in [-0.39, 0.29) is 5.41 Å². The van der Waals surface area contributed by atoms with E-state index in [0.29, 0.717) is 6.10 Å². The zero-order valence-corrected chi connectivity index (χ0v) is 13.3. The van der Waals surface area contributed by atoms with Crippen molar-refractivity contribution in [2.75, 3.05) is 6.61 Å². The van der Waals surface area contributed by atoms with Crippen molar-refractivity contribution in [1.82, 2.24) is 0 Å². The number of hydrogen-bond acceptors (Lipinski definition) is 2. The highest BCUT2D eigenvalue weighted by Crippen LogP contribution is 2.25. The van der Waals surface area contributed by atoms with Gasteiger partial charge in [0.15, 0.2) is 0 Å². The predicted molar refractivity (Wildman–Crippen MR) is 71.8 cm³/mol. The minimum atomic E-state index is -0.164. The number of rotatable bonds is 7.